The van der Waals surface area contributed by atoms with Gasteiger partial charge >= 0.3 is 19.1 Å². The Hall–Kier alpha value is -1.30. The predicted octanol–water partition coefficient (Wildman–Crippen LogP) is 2.37. The van der Waals surface area contributed by atoms with E-state index in [1.165, 1.54) is 6.42 Å². The fourth-order valence-electron chi connectivity index (χ4n) is 5.24. The second kappa shape index (κ2) is 5.90. The highest BCUT2D eigenvalue weighted by molar-refractivity contribution is 6.54. The highest BCUT2D eigenvalue weighted by Crippen LogP contribution is 2.62. The van der Waals surface area contributed by atoms with Crippen LogP contribution in [-0.2, 0) is 18.9 Å². The molecule has 0 amide bonds. The van der Waals surface area contributed by atoms with E-state index in [1.807, 2.05) is 0 Å². The minimum atomic E-state index is -0.917. The maximum atomic E-state index is 12.3. The van der Waals surface area contributed by atoms with Crippen molar-refractivity contribution in [3.63, 3.8) is 0 Å². The van der Waals surface area contributed by atoms with Crippen LogP contribution in [0.1, 0.15) is 40.5 Å². The smallest absolute Gasteiger partial charge is 0.491 e. The third-order valence-corrected chi connectivity index (χ3v) is 6.75. The quantitative estimate of drug-likeness (QED) is 0.442. The van der Waals surface area contributed by atoms with Crippen LogP contribution in [-0.4, -0.2) is 42.7 Å². The first-order chi connectivity index (χ1) is 11.2. The van der Waals surface area contributed by atoms with Crippen molar-refractivity contribution in [1.82, 2.24) is 0 Å². The summed E-state index contributed by atoms with van der Waals surface area (Å²) in [6, 6.07) is 0.195. The maximum Gasteiger partial charge on any atom is 0.628 e. The summed E-state index contributed by atoms with van der Waals surface area (Å²) < 4.78 is 10.7. The van der Waals surface area contributed by atoms with Crippen molar-refractivity contribution in [3.05, 3.63) is 19.1 Å². The molecular weight excluding hydrogens is 305 g/mol. The molecule has 0 aromatic heterocycles. The van der Waals surface area contributed by atoms with Crippen molar-refractivity contribution in [3.8, 4) is 0 Å². The van der Waals surface area contributed by atoms with Crippen LogP contribution in [0.4, 0.5) is 0 Å². The molecule has 0 radical (unpaired) electrons. The molecule has 1 heterocycles. The molecule has 1 unspecified atom stereocenters. The molecule has 6 heteroatoms. The third kappa shape index (κ3) is 2.79. The lowest BCUT2D eigenvalue weighted by molar-refractivity contribution is -0.904. The Morgan fingerprint density at radius 2 is 1.79 bits per heavy atom. The summed E-state index contributed by atoms with van der Waals surface area (Å²) in [6.07, 6.45) is 3.97. The van der Waals surface area contributed by atoms with E-state index in [1.54, 1.807) is 19.0 Å². The first-order valence-electron chi connectivity index (χ1n) is 8.90. The van der Waals surface area contributed by atoms with Gasteiger partial charge < -0.3 is 13.8 Å². The van der Waals surface area contributed by atoms with E-state index < -0.39 is 7.12 Å². The molecule has 4 fully saturated rings. The van der Waals surface area contributed by atoms with Gasteiger partial charge in [-0.05, 0) is 36.6 Å². The molecule has 3 saturated carbocycles. The van der Waals surface area contributed by atoms with Crippen molar-refractivity contribution in [1.29, 1.82) is 0 Å². The Bertz CT molecular complexity index is 553. The molecule has 3 aliphatic carbocycles. The SMILES string of the molecule is [CH2-][N+]1([C@@H]2C[C@@H]3CC([C@H]2C)C3(C)C)CC(=O)OB(/C=C/C)OC(=O)C1. The number of hydrogen-bond donors (Lipinski definition) is 0. The molecular formula is C18H28BNO4. The average molecular weight is 333 g/mol. The molecule has 0 aromatic rings. The molecule has 1 aliphatic heterocycles. The Morgan fingerprint density at radius 1 is 1.21 bits per heavy atom. The van der Waals surface area contributed by atoms with Gasteiger partial charge in [0.05, 0.1) is 6.04 Å². The van der Waals surface area contributed by atoms with Gasteiger partial charge in [0.25, 0.3) is 0 Å². The standard InChI is InChI=1S/C18H28BNO4/c1-6-7-19-23-16(21)10-20(5,11-17(22)24-19)15-9-13-8-14(12(15)2)18(13,3)4/h6-7,12-15H,5,8-11H2,1-4H3/b7-6+/t12-,13+,14?,15-/m1/s1. The lowest BCUT2D eigenvalue weighted by Gasteiger charge is -2.66. The number of fused-ring (bicyclic) bond motifs is 2. The van der Waals surface area contributed by atoms with Gasteiger partial charge in [0.2, 0.25) is 0 Å². The van der Waals surface area contributed by atoms with Gasteiger partial charge in [0.1, 0.15) is 0 Å². The summed E-state index contributed by atoms with van der Waals surface area (Å²) in [5.74, 6) is 2.56. The fourth-order valence-corrected chi connectivity index (χ4v) is 5.24. The van der Waals surface area contributed by atoms with Crippen LogP contribution in [0, 0.1) is 30.2 Å². The molecule has 2 bridgehead atoms. The monoisotopic (exact) mass is 333 g/mol. The van der Waals surface area contributed by atoms with Crippen LogP contribution in [0.5, 0.6) is 0 Å². The molecule has 132 valence electrons. The maximum absolute atomic E-state index is 12.3. The number of carbonyl (C=O) groups excluding carboxylic acids is 2. The molecule has 0 aromatic carbocycles. The fraction of sp³-hybridized carbons (Fsp3) is 0.722. The van der Waals surface area contributed by atoms with Crippen LogP contribution in [0.25, 0.3) is 0 Å². The molecule has 4 aliphatic rings. The van der Waals surface area contributed by atoms with Crippen LogP contribution in [0.2, 0.25) is 0 Å². The topological polar surface area (TPSA) is 52.6 Å². The zero-order valence-corrected chi connectivity index (χ0v) is 15.2. The second-order valence-electron chi connectivity index (χ2n) is 8.43. The number of quaternary nitrogens is 1. The van der Waals surface area contributed by atoms with Crippen molar-refractivity contribution in [2.45, 2.75) is 46.6 Å². The summed E-state index contributed by atoms with van der Waals surface area (Å²) in [6.45, 7) is 8.96. The zero-order chi connectivity index (χ0) is 17.7. The lowest BCUT2D eigenvalue weighted by Crippen LogP contribution is -2.68. The number of carbonyl (C=O) groups is 2. The molecule has 5 nitrogen and oxygen atoms in total. The lowest BCUT2D eigenvalue weighted by atomic mass is 9.44. The largest absolute Gasteiger partial charge is 0.628 e. The Morgan fingerprint density at radius 3 is 2.25 bits per heavy atom. The Labute approximate surface area is 145 Å². The van der Waals surface area contributed by atoms with Crippen molar-refractivity contribution < 1.29 is 23.4 Å². The average Bonchev–Trinajstić information content (AvgIpc) is 2.44. The van der Waals surface area contributed by atoms with E-state index in [4.69, 9.17) is 9.31 Å². The predicted molar refractivity (Wildman–Crippen MR) is 91.1 cm³/mol. The van der Waals surface area contributed by atoms with Gasteiger partial charge in [-0.25, -0.2) is 9.59 Å². The number of hydrogen-bond acceptors (Lipinski definition) is 4. The van der Waals surface area contributed by atoms with Gasteiger partial charge in [-0.2, -0.15) is 0 Å². The van der Waals surface area contributed by atoms with E-state index in [0.717, 1.165) is 6.42 Å². The number of rotatable bonds is 2. The molecule has 4 atom stereocenters. The summed E-state index contributed by atoms with van der Waals surface area (Å²) in [4.78, 5) is 24.6. The van der Waals surface area contributed by atoms with Crippen molar-refractivity contribution in [2.75, 3.05) is 13.1 Å². The number of allylic oxidation sites excluding steroid dienone is 1. The van der Waals surface area contributed by atoms with E-state index >= 15 is 0 Å². The van der Waals surface area contributed by atoms with E-state index in [2.05, 4.69) is 27.8 Å². The summed E-state index contributed by atoms with van der Waals surface area (Å²) >= 11 is 0. The van der Waals surface area contributed by atoms with Gasteiger partial charge in [-0.1, -0.05) is 26.8 Å². The van der Waals surface area contributed by atoms with Crippen LogP contribution < -0.4 is 0 Å². The van der Waals surface area contributed by atoms with Crippen LogP contribution >= 0.6 is 0 Å². The summed E-state index contributed by atoms with van der Waals surface area (Å²) in [5.41, 5.74) is 0.357. The van der Waals surface area contributed by atoms with E-state index in [0.29, 0.717) is 23.2 Å². The molecule has 24 heavy (non-hydrogen) atoms. The highest BCUT2D eigenvalue weighted by Gasteiger charge is 2.59. The van der Waals surface area contributed by atoms with Gasteiger partial charge in [0, 0.05) is 12.3 Å². The highest BCUT2D eigenvalue weighted by atomic mass is 16.6. The van der Waals surface area contributed by atoms with Crippen LogP contribution in [0.15, 0.2) is 12.1 Å². The molecule has 0 N–H and O–H groups in total. The molecule has 1 saturated heterocycles. The summed E-state index contributed by atoms with van der Waals surface area (Å²) in [5, 5.41) is 0. The van der Waals surface area contributed by atoms with Crippen molar-refractivity contribution in [2.24, 2.45) is 23.2 Å². The van der Waals surface area contributed by atoms with Crippen molar-refractivity contribution >= 4 is 19.1 Å². The minimum Gasteiger partial charge on any atom is -0.491 e. The first kappa shape index (κ1) is 17.5. The van der Waals surface area contributed by atoms with Crippen LogP contribution in [0.3, 0.4) is 0 Å². The Balaban J connectivity index is 1.80. The van der Waals surface area contributed by atoms with Gasteiger partial charge in [-0.15, -0.1) is 7.05 Å². The van der Waals surface area contributed by atoms with Gasteiger partial charge in [0.15, 0.2) is 13.1 Å². The zero-order valence-electron chi connectivity index (χ0n) is 15.2. The molecule has 4 rings (SSSR count). The first-order valence-corrected chi connectivity index (χ1v) is 8.90. The number of nitrogens with zero attached hydrogens (tertiary/aromatic N) is 1. The third-order valence-electron chi connectivity index (χ3n) is 6.75. The van der Waals surface area contributed by atoms with Gasteiger partial charge in [-0.3, -0.25) is 0 Å². The summed E-state index contributed by atoms with van der Waals surface area (Å²) in [7, 11) is 3.38. The molecule has 0 spiro atoms. The normalized spacial score (nSPS) is 38.0. The Kier molecular flexibility index (Phi) is 4.31. The van der Waals surface area contributed by atoms with E-state index in [9.17, 15) is 9.59 Å². The second-order valence-corrected chi connectivity index (χ2v) is 8.43. The van der Waals surface area contributed by atoms with E-state index in [-0.39, 0.29) is 35.6 Å². The minimum absolute atomic E-state index is 0.123.